The van der Waals surface area contributed by atoms with Crippen molar-refractivity contribution in [3.05, 3.63) is 84.2 Å². The molecular weight excluding hydrogens is 598 g/mol. The van der Waals surface area contributed by atoms with Crippen molar-refractivity contribution in [2.24, 2.45) is 0 Å². The molecule has 3 N–H and O–H groups in total. The van der Waals surface area contributed by atoms with Gasteiger partial charge in [0.25, 0.3) is 0 Å². The fraction of sp³-hybridized carbons (Fsp3) is 0.306. The van der Waals surface area contributed by atoms with Crippen molar-refractivity contribution in [3.63, 3.8) is 0 Å². The minimum atomic E-state index is -0.651. The van der Waals surface area contributed by atoms with Gasteiger partial charge in [0.15, 0.2) is 5.75 Å². The van der Waals surface area contributed by atoms with Gasteiger partial charge in [-0.15, -0.1) is 0 Å². The molecule has 0 radical (unpaired) electrons. The molecule has 5 rings (SSSR count). The smallest absolute Gasteiger partial charge is 0.411 e. The van der Waals surface area contributed by atoms with Crippen molar-refractivity contribution in [2.75, 3.05) is 63.0 Å². The minimum Gasteiger partial charge on any atom is -0.492 e. The molecule has 3 amide bonds. The van der Waals surface area contributed by atoms with Crippen LogP contribution in [0.4, 0.5) is 26.7 Å². The van der Waals surface area contributed by atoms with Gasteiger partial charge in [-0.1, -0.05) is 51.1 Å². The highest BCUT2D eigenvalue weighted by atomic mass is 16.5. The van der Waals surface area contributed by atoms with Gasteiger partial charge in [-0.05, 0) is 47.4 Å². The molecule has 0 aliphatic carbocycles. The fourth-order valence-corrected chi connectivity index (χ4v) is 5.19. The maximum absolute atomic E-state index is 13.4. The van der Waals surface area contributed by atoms with E-state index in [1.807, 2.05) is 75.4 Å². The molecule has 11 heteroatoms. The van der Waals surface area contributed by atoms with Crippen LogP contribution in [0.15, 0.2) is 72.9 Å². The van der Waals surface area contributed by atoms with Crippen LogP contribution in [0.5, 0.6) is 17.2 Å². The third-order valence-electron chi connectivity index (χ3n) is 7.70. The number of morpholine rings is 1. The maximum atomic E-state index is 13.4. The van der Waals surface area contributed by atoms with Gasteiger partial charge in [0.1, 0.15) is 11.5 Å². The lowest BCUT2D eigenvalue weighted by molar-refractivity contribution is 0.0435. The van der Waals surface area contributed by atoms with Crippen molar-refractivity contribution >= 4 is 46.0 Å². The first-order valence-corrected chi connectivity index (χ1v) is 15.4. The molecule has 0 atom stereocenters. The largest absolute Gasteiger partial charge is 0.492 e. The number of ether oxygens (including phenoxy) is 4. The lowest BCUT2D eigenvalue weighted by Crippen LogP contribution is -2.36. The summed E-state index contributed by atoms with van der Waals surface area (Å²) in [4.78, 5) is 32.3. The molecule has 3 aromatic carbocycles. The Balaban J connectivity index is 1.34. The highest BCUT2D eigenvalue weighted by Crippen LogP contribution is 2.39. The standard InChI is InChI=1S/C36H41N5O6/c1-36(2,3)24-21-30(33(44-4)31(22-24)40-35(43)45-5)39-34(42)38-29-12-13-32(28-11-7-6-10-27(28)29)47-26-14-15-37-25(23-26)9-8-16-41-17-19-46-20-18-41/h6-15,21-23H,16-20H2,1-5H3,(H,40,43)(H2,38,39,42)/b9-8+. The van der Waals surface area contributed by atoms with Crippen LogP contribution < -0.4 is 25.4 Å². The Bertz CT molecular complexity index is 1760. The van der Waals surface area contributed by atoms with E-state index in [9.17, 15) is 9.59 Å². The Morgan fingerprint density at radius 2 is 1.62 bits per heavy atom. The maximum Gasteiger partial charge on any atom is 0.411 e. The summed E-state index contributed by atoms with van der Waals surface area (Å²) >= 11 is 0. The number of urea groups is 1. The molecule has 0 bridgehead atoms. The number of anilines is 3. The van der Waals surface area contributed by atoms with Gasteiger partial charge in [-0.3, -0.25) is 15.2 Å². The number of benzene rings is 3. The van der Waals surface area contributed by atoms with Gasteiger partial charge < -0.3 is 29.6 Å². The Labute approximate surface area is 274 Å². The van der Waals surface area contributed by atoms with E-state index in [0.29, 0.717) is 34.3 Å². The number of methoxy groups -OCH3 is 2. The molecule has 1 saturated heterocycles. The number of amides is 3. The number of nitrogens with one attached hydrogen (secondary N) is 3. The number of hydrogen-bond donors (Lipinski definition) is 3. The summed E-state index contributed by atoms with van der Waals surface area (Å²) in [6.45, 7) is 10.3. The third kappa shape index (κ3) is 8.57. The minimum absolute atomic E-state index is 0.285. The molecule has 0 saturated carbocycles. The van der Waals surface area contributed by atoms with Crippen LogP contribution in [-0.4, -0.2) is 69.1 Å². The molecule has 11 nitrogen and oxygen atoms in total. The zero-order valence-electron chi connectivity index (χ0n) is 27.4. The summed E-state index contributed by atoms with van der Waals surface area (Å²) in [6.07, 6.45) is 5.17. The van der Waals surface area contributed by atoms with Crippen LogP contribution in [0.3, 0.4) is 0 Å². The molecule has 47 heavy (non-hydrogen) atoms. The van der Waals surface area contributed by atoms with Crippen molar-refractivity contribution < 1.29 is 28.5 Å². The lowest BCUT2D eigenvalue weighted by atomic mass is 9.86. The second kappa shape index (κ2) is 15.0. The summed E-state index contributed by atoms with van der Waals surface area (Å²) in [5, 5.41) is 10.2. The second-order valence-corrected chi connectivity index (χ2v) is 12.0. The molecule has 1 aromatic heterocycles. The summed E-state index contributed by atoms with van der Waals surface area (Å²) in [5.74, 6) is 1.58. The molecule has 0 unspecified atom stereocenters. The van der Waals surface area contributed by atoms with Crippen molar-refractivity contribution in [1.29, 1.82) is 0 Å². The average Bonchev–Trinajstić information content (AvgIpc) is 3.06. The fourth-order valence-electron chi connectivity index (χ4n) is 5.19. The lowest BCUT2D eigenvalue weighted by Gasteiger charge is -2.25. The number of pyridine rings is 1. The summed E-state index contributed by atoms with van der Waals surface area (Å²) in [5.41, 5.74) is 2.74. The Kier molecular flexibility index (Phi) is 10.6. The van der Waals surface area contributed by atoms with Crippen molar-refractivity contribution in [2.45, 2.75) is 26.2 Å². The number of rotatable bonds is 9. The first-order valence-electron chi connectivity index (χ1n) is 15.4. The van der Waals surface area contributed by atoms with E-state index >= 15 is 0 Å². The normalized spacial score (nSPS) is 13.7. The predicted molar refractivity (Wildman–Crippen MR) is 185 cm³/mol. The Morgan fingerprint density at radius 1 is 0.915 bits per heavy atom. The number of carbonyl (C=O) groups is 2. The zero-order valence-corrected chi connectivity index (χ0v) is 27.4. The first kappa shape index (κ1) is 33.2. The van der Waals surface area contributed by atoms with E-state index < -0.39 is 12.1 Å². The second-order valence-electron chi connectivity index (χ2n) is 12.0. The molecule has 4 aromatic rings. The third-order valence-corrected chi connectivity index (χ3v) is 7.70. The number of nitrogens with zero attached hydrogens (tertiary/aromatic N) is 2. The van der Waals surface area contributed by atoms with Crippen LogP contribution in [0.2, 0.25) is 0 Å². The topological polar surface area (TPSA) is 123 Å². The van der Waals surface area contributed by atoms with Crippen LogP contribution in [0, 0.1) is 0 Å². The predicted octanol–water partition coefficient (Wildman–Crippen LogP) is 7.50. The van der Waals surface area contributed by atoms with Crippen LogP contribution in [0.1, 0.15) is 32.0 Å². The SMILES string of the molecule is COC(=O)Nc1cc(C(C)(C)C)cc(NC(=O)Nc2ccc(Oc3ccnc(/C=C/CN4CCOCC4)c3)c3ccccc23)c1OC. The molecule has 2 heterocycles. The van der Waals surface area contributed by atoms with E-state index in [2.05, 4.69) is 31.9 Å². The average molecular weight is 640 g/mol. The van der Waals surface area contributed by atoms with E-state index in [1.54, 1.807) is 18.3 Å². The number of aromatic nitrogens is 1. The number of fused-ring (bicyclic) bond motifs is 1. The monoisotopic (exact) mass is 639 g/mol. The van der Waals surface area contributed by atoms with E-state index in [1.165, 1.54) is 14.2 Å². The van der Waals surface area contributed by atoms with Crippen molar-refractivity contribution in [3.8, 4) is 17.2 Å². The van der Waals surface area contributed by atoms with Gasteiger partial charge >= 0.3 is 12.1 Å². The summed E-state index contributed by atoms with van der Waals surface area (Å²) in [7, 11) is 2.75. The van der Waals surface area contributed by atoms with Crippen molar-refractivity contribution in [1.82, 2.24) is 9.88 Å². The first-order chi connectivity index (χ1) is 22.6. The molecule has 1 aliphatic heterocycles. The molecule has 1 fully saturated rings. The molecule has 246 valence electrons. The van der Waals surface area contributed by atoms with Crippen LogP contribution in [0.25, 0.3) is 16.8 Å². The molecule has 1 aliphatic rings. The van der Waals surface area contributed by atoms with Gasteiger partial charge in [0.05, 0.1) is 50.2 Å². The highest BCUT2D eigenvalue weighted by Gasteiger charge is 2.22. The van der Waals surface area contributed by atoms with E-state index in [-0.39, 0.29) is 5.41 Å². The molecular formula is C36H41N5O6. The van der Waals surface area contributed by atoms with Gasteiger partial charge in [-0.2, -0.15) is 0 Å². The number of hydrogen-bond acceptors (Lipinski definition) is 8. The molecule has 0 spiro atoms. The van der Waals surface area contributed by atoms with Gasteiger partial charge in [0, 0.05) is 42.7 Å². The quantitative estimate of drug-likeness (QED) is 0.172. The summed E-state index contributed by atoms with van der Waals surface area (Å²) in [6, 6.07) is 18.2. The van der Waals surface area contributed by atoms with Gasteiger partial charge in [-0.25, -0.2) is 9.59 Å². The zero-order chi connectivity index (χ0) is 33.4. The highest BCUT2D eigenvalue weighted by molar-refractivity contribution is 6.08. The van der Waals surface area contributed by atoms with Crippen LogP contribution in [-0.2, 0) is 14.9 Å². The number of carbonyl (C=O) groups excluding carboxylic acids is 2. The summed E-state index contributed by atoms with van der Waals surface area (Å²) < 4.78 is 22.1. The van der Waals surface area contributed by atoms with Gasteiger partial charge in [0.2, 0.25) is 0 Å². The Morgan fingerprint density at radius 3 is 2.32 bits per heavy atom. The van der Waals surface area contributed by atoms with E-state index in [0.717, 1.165) is 54.9 Å². The van der Waals surface area contributed by atoms with E-state index in [4.69, 9.17) is 18.9 Å². The Hall–Kier alpha value is -5.13. The van der Waals surface area contributed by atoms with Crippen LogP contribution >= 0.6 is 0 Å².